The van der Waals surface area contributed by atoms with Gasteiger partial charge in [0.15, 0.2) is 10.4 Å². The van der Waals surface area contributed by atoms with Crippen LogP contribution in [-0.4, -0.2) is 12.5 Å². The number of amides is 1. The first-order valence-electron chi connectivity index (χ1n) is 5.73. The number of hydrogen-bond acceptors (Lipinski definition) is 2. The Morgan fingerprint density at radius 3 is 2.75 bits per heavy atom. The summed E-state index contributed by atoms with van der Waals surface area (Å²) in [6.07, 6.45) is 5.25. The Bertz CT molecular complexity index is 418. The van der Waals surface area contributed by atoms with Crippen molar-refractivity contribution in [2.45, 2.75) is 25.7 Å². The minimum atomic E-state index is -0.0994. The minimum absolute atomic E-state index is 0.0994. The van der Waals surface area contributed by atoms with Crippen LogP contribution in [0.25, 0.3) is 0 Å². The van der Waals surface area contributed by atoms with Crippen LogP contribution < -0.4 is 5.32 Å². The number of carbonyl (C=O) groups is 1. The molecule has 2 aliphatic carbocycles. The van der Waals surface area contributed by atoms with Crippen LogP contribution in [0.3, 0.4) is 0 Å². The summed E-state index contributed by atoms with van der Waals surface area (Å²) in [6, 6.07) is 3.43. The molecule has 0 saturated heterocycles. The minimum Gasteiger partial charge on any atom is -0.444 e. The molecule has 0 aromatic carbocycles. The molecule has 16 heavy (non-hydrogen) atoms. The van der Waals surface area contributed by atoms with E-state index in [-0.39, 0.29) is 5.91 Å². The van der Waals surface area contributed by atoms with E-state index in [0.717, 1.165) is 12.5 Å². The van der Waals surface area contributed by atoms with Crippen molar-refractivity contribution < 1.29 is 9.21 Å². The zero-order valence-corrected chi connectivity index (χ0v) is 10.5. The predicted molar refractivity (Wildman–Crippen MR) is 63.1 cm³/mol. The first-order chi connectivity index (χ1) is 7.70. The Morgan fingerprint density at radius 2 is 2.25 bits per heavy atom. The Balaban J connectivity index is 1.57. The molecule has 3 rings (SSSR count). The maximum absolute atomic E-state index is 11.7. The number of carbonyl (C=O) groups excluding carboxylic acids is 1. The molecule has 0 bridgehead atoms. The van der Waals surface area contributed by atoms with Crippen LogP contribution in [0.15, 0.2) is 21.2 Å². The molecule has 1 heterocycles. The summed E-state index contributed by atoms with van der Waals surface area (Å²) < 4.78 is 5.81. The van der Waals surface area contributed by atoms with Crippen molar-refractivity contribution in [1.29, 1.82) is 0 Å². The molecule has 1 aromatic rings. The maximum atomic E-state index is 11.7. The number of halogens is 1. The van der Waals surface area contributed by atoms with Crippen molar-refractivity contribution >= 4 is 21.8 Å². The molecule has 3 nitrogen and oxygen atoms in total. The van der Waals surface area contributed by atoms with Gasteiger partial charge in [-0.05, 0) is 65.1 Å². The number of hydrogen-bond donors (Lipinski definition) is 1. The molecule has 86 valence electrons. The van der Waals surface area contributed by atoms with Crippen molar-refractivity contribution in [2.75, 3.05) is 6.54 Å². The van der Waals surface area contributed by atoms with Crippen LogP contribution >= 0.6 is 15.9 Å². The number of rotatable bonds is 4. The lowest BCUT2D eigenvalue weighted by molar-refractivity contribution is 0.0913. The zero-order valence-electron chi connectivity index (χ0n) is 8.96. The standard InChI is InChI=1S/C12H14BrNO2/c13-10-4-3-9(16-10)11(15)14-7-12(5-6-12)8-1-2-8/h3-4,8H,1-2,5-7H2,(H,14,15). The molecule has 2 aliphatic rings. The third-order valence-electron chi connectivity index (χ3n) is 3.73. The fraction of sp³-hybridized carbons (Fsp3) is 0.583. The summed E-state index contributed by atoms with van der Waals surface area (Å²) in [5, 5.41) is 2.98. The third-order valence-corrected chi connectivity index (χ3v) is 4.16. The molecule has 1 N–H and O–H groups in total. The monoisotopic (exact) mass is 283 g/mol. The van der Waals surface area contributed by atoms with E-state index < -0.39 is 0 Å². The van der Waals surface area contributed by atoms with Crippen LogP contribution in [0, 0.1) is 11.3 Å². The van der Waals surface area contributed by atoms with Crippen molar-refractivity contribution in [3.05, 3.63) is 22.6 Å². The molecule has 0 atom stereocenters. The largest absolute Gasteiger partial charge is 0.444 e. The van der Waals surface area contributed by atoms with Gasteiger partial charge in [0.1, 0.15) is 0 Å². The highest BCUT2D eigenvalue weighted by molar-refractivity contribution is 9.10. The van der Waals surface area contributed by atoms with E-state index in [2.05, 4.69) is 21.2 Å². The van der Waals surface area contributed by atoms with Crippen molar-refractivity contribution in [1.82, 2.24) is 5.32 Å². The lowest BCUT2D eigenvalue weighted by atomic mass is 10.0. The second-order valence-electron chi connectivity index (χ2n) is 4.92. The highest BCUT2D eigenvalue weighted by atomic mass is 79.9. The van der Waals surface area contributed by atoms with Crippen LogP contribution in [0.1, 0.15) is 36.2 Å². The first-order valence-corrected chi connectivity index (χ1v) is 6.52. The average Bonchev–Trinajstić information content (AvgIpc) is 3.14. The quantitative estimate of drug-likeness (QED) is 0.923. The first kappa shape index (κ1) is 10.4. The molecule has 0 spiro atoms. The zero-order chi connectivity index (χ0) is 11.2. The van der Waals surface area contributed by atoms with E-state index in [9.17, 15) is 4.79 Å². The maximum Gasteiger partial charge on any atom is 0.287 e. The Hall–Kier alpha value is -0.770. The van der Waals surface area contributed by atoms with Gasteiger partial charge >= 0.3 is 0 Å². The SMILES string of the molecule is O=C(NCC1(C2CC2)CC1)c1ccc(Br)o1. The molecule has 1 amide bonds. The van der Waals surface area contributed by atoms with Gasteiger partial charge in [-0.15, -0.1) is 0 Å². The van der Waals surface area contributed by atoms with Crippen LogP contribution in [0.2, 0.25) is 0 Å². The van der Waals surface area contributed by atoms with Gasteiger partial charge in [-0.25, -0.2) is 0 Å². The molecule has 1 aromatic heterocycles. The molecule has 4 heteroatoms. The molecular weight excluding hydrogens is 270 g/mol. The average molecular weight is 284 g/mol. The van der Waals surface area contributed by atoms with Crippen molar-refractivity contribution in [2.24, 2.45) is 11.3 Å². The summed E-state index contributed by atoms with van der Waals surface area (Å²) in [6.45, 7) is 0.814. The molecular formula is C12H14BrNO2. The number of nitrogens with one attached hydrogen (secondary N) is 1. The van der Waals surface area contributed by atoms with Gasteiger partial charge in [0.05, 0.1) is 0 Å². The summed E-state index contributed by atoms with van der Waals surface area (Å²) in [5.41, 5.74) is 0.444. The van der Waals surface area contributed by atoms with Gasteiger partial charge in [-0.3, -0.25) is 4.79 Å². The van der Waals surface area contributed by atoms with E-state index in [1.807, 2.05) is 0 Å². The molecule has 2 saturated carbocycles. The van der Waals surface area contributed by atoms with E-state index in [0.29, 0.717) is 15.8 Å². The Morgan fingerprint density at radius 1 is 1.50 bits per heavy atom. The summed E-state index contributed by atoms with van der Waals surface area (Å²) in [7, 11) is 0. The topological polar surface area (TPSA) is 42.2 Å². The smallest absolute Gasteiger partial charge is 0.287 e. The summed E-state index contributed by atoms with van der Waals surface area (Å²) in [4.78, 5) is 11.7. The van der Waals surface area contributed by atoms with Gasteiger partial charge < -0.3 is 9.73 Å². The highest BCUT2D eigenvalue weighted by Gasteiger charge is 2.53. The Kier molecular flexibility index (Phi) is 2.35. The van der Waals surface area contributed by atoms with Gasteiger partial charge in [-0.2, -0.15) is 0 Å². The van der Waals surface area contributed by atoms with Gasteiger partial charge in [0, 0.05) is 6.54 Å². The van der Waals surface area contributed by atoms with Crippen LogP contribution in [0.5, 0.6) is 0 Å². The Labute approximate surface area is 103 Å². The van der Waals surface area contributed by atoms with Crippen LogP contribution in [-0.2, 0) is 0 Å². The van der Waals surface area contributed by atoms with E-state index in [4.69, 9.17) is 4.42 Å². The lowest BCUT2D eigenvalue weighted by Gasteiger charge is -2.13. The highest BCUT2D eigenvalue weighted by Crippen LogP contribution is 2.60. The van der Waals surface area contributed by atoms with E-state index in [1.165, 1.54) is 25.7 Å². The summed E-state index contributed by atoms with van der Waals surface area (Å²) >= 11 is 3.19. The van der Waals surface area contributed by atoms with E-state index in [1.54, 1.807) is 12.1 Å². The third kappa shape index (κ3) is 1.90. The van der Waals surface area contributed by atoms with Crippen molar-refractivity contribution in [3.8, 4) is 0 Å². The lowest BCUT2D eigenvalue weighted by Crippen LogP contribution is -2.30. The fourth-order valence-corrected chi connectivity index (χ4v) is 2.67. The molecule has 0 radical (unpaired) electrons. The van der Waals surface area contributed by atoms with Gasteiger partial charge in [0.25, 0.3) is 5.91 Å². The van der Waals surface area contributed by atoms with Crippen molar-refractivity contribution in [3.63, 3.8) is 0 Å². The normalized spacial score (nSPS) is 21.8. The van der Waals surface area contributed by atoms with E-state index >= 15 is 0 Å². The van der Waals surface area contributed by atoms with Gasteiger partial charge in [0.2, 0.25) is 0 Å². The summed E-state index contributed by atoms with van der Waals surface area (Å²) in [5.74, 6) is 1.16. The predicted octanol–water partition coefficient (Wildman–Crippen LogP) is 2.96. The molecule has 0 aliphatic heterocycles. The van der Waals surface area contributed by atoms with Gasteiger partial charge in [-0.1, -0.05) is 0 Å². The molecule has 0 unspecified atom stereocenters. The van der Waals surface area contributed by atoms with Crippen LogP contribution in [0.4, 0.5) is 0 Å². The second kappa shape index (κ2) is 3.62. The molecule has 2 fully saturated rings. The second-order valence-corrected chi connectivity index (χ2v) is 5.70. The number of furan rings is 1. The fourth-order valence-electron chi connectivity index (χ4n) is 2.37.